The molecule has 0 radical (unpaired) electrons. The normalized spacial score (nSPS) is 13.6. The van der Waals surface area contributed by atoms with Crippen molar-refractivity contribution < 1.29 is 15.4 Å². The molecule has 0 aliphatic carbocycles. The summed E-state index contributed by atoms with van der Waals surface area (Å²) >= 11 is 0. The lowest BCUT2D eigenvalue weighted by atomic mass is 9.99. The van der Waals surface area contributed by atoms with Crippen LogP contribution in [0.15, 0.2) is 198 Å². The molecule has 0 spiro atoms. The Morgan fingerprint density at radius 2 is 0.946 bits per heavy atom. The number of furan rings is 1. The molecule has 0 aliphatic rings. The van der Waals surface area contributed by atoms with Crippen molar-refractivity contribution >= 4 is 43.7 Å². The summed E-state index contributed by atoms with van der Waals surface area (Å²) in [5.41, 5.74) is 7.08. The Kier molecular flexibility index (Phi) is 5.74. The molecule has 56 heavy (non-hydrogen) atoms. The van der Waals surface area contributed by atoms with Crippen molar-refractivity contribution in [3.63, 3.8) is 0 Å². The summed E-state index contributed by atoms with van der Waals surface area (Å²) in [6.07, 6.45) is 0. The molecule has 3 aromatic heterocycles. The van der Waals surface area contributed by atoms with Crippen LogP contribution in [0.2, 0.25) is 0 Å². The first-order chi connectivity index (χ1) is 31.1. The first kappa shape index (κ1) is 24.6. The van der Waals surface area contributed by atoms with Gasteiger partial charge < -0.3 is 8.98 Å². The van der Waals surface area contributed by atoms with Gasteiger partial charge >= 0.3 is 0 Å². The number of benzene rings is 8. The van der Waals surface area contributed by atoms with Gasteiger partial charge in [0.05, 0.1) is 27.7 Å². The Morgan fingerprint density at radius 3 is 1.71 bits per heavy atom. The SMILES string of the molecule is [2H]c1c([2H])c([2H])c2c(c1[2H])c1c([2H])c([2H])c([2H])c([2H])c1n2-c1cc(-c2ccc3oc4ccccc4c3c2)ccc1-c1nc(-c2ccccc2)nc(-c2cccc(-c3ccccc3)c2)n1. The molecule has 0 fully saturated rings. The molecule has 0 N–H and O–H groups in total. The first-order valence-corrected chi connectivity index (χ1v) is 18.1. The van der Waals surface area contributed by atoms with Crippen LogP contribution in [0.5, 0.6) is 0 Å². The number of rotatable bonds is 6. The molecule has 262 valence electrons. The summed E-state index contributed by atoms with van der Waals surface area (Å²) < 4.78 is 79.6. The van der Waals surface area contributed by atoms with Crippen LogP contribution in [0.25, 0.3) is 106 Å². The van der Waals surface area contributed by atoms with E-state index in [2.05, 4.69) is 0 Å². The van der Waals surface area contributed by atoms with E-state index >= 15 is 0 Å². The van der Waals surface area contributed by atoms with Gasteiger partial charge in [0.2, 0.25) is 0 Å². The zero-order valence-corrected chi connectivity index (χ0v) is 29.6. The van der Waals surface area contributed by atoms with Crippen LogP contribution in [0, 0.1) is 0 Å². The van der Waals surface area contributed by atoms with Gasteiger partial charge in [0.1, 0.15) is 11.2 Å². The lowest BCUT2D eigenvalue weighted by molar-refractivity contribution is 0.669. The summed E-state index contributed by atoms with van der Waals surface area (Å²) in [7, 11) is 0. The standard InChI is InChI=1S/C51H32N4O/c1-3-14-33(15-4-1)35-18-13-19-38(30-35)50-52-49(34-16-5-2-6-17-34)53-51(54-50)42-28-26-37(36-27-29-48-43(31-36)41-22-9-12-25-47(41)56-48)32-46(42)55-44-23-10-7-20-39(44)40-21-8-11-24-45(40)55/h1-32H/i7D,8D,10D,11D,20D,21D,23D,24D. The topological polar surface area (TPSA) is 56.7 Å². The van der Waals surface area contributed by atoms with Crippen LogP contribution in [-0.2, 0) is 0 Å². The second kappa shape index (κ2) is 13.0. The van der Waals surface area contributed by atoms with Crippen molar-refractivity contribution in [2.75, 3.05) is 0 Å². The molecule has 0 saturated heterocycles. The van der Waals surface area contributed by atoms with Crippen LogP contribution >= 0.6 is 0 Å². The highest BCUT2D eigenvalue weighted by atomic mass is 16.3. The largest absolute Gasteiger partial charge is 0.456 e. The van der Waals surface area contributed by atoms with Crippen LogP contribution in [0.4, 0.5) is 0 Å². The highest BCUT2D eigenvalue weighted by Crippen LogP contribution is 2.40. The van der Waals surface area contributed by atoms with Crippen molar-refractivity contribution in [3.05, 3.63) is 194 Å². The van der Waals surface area contributed by atoms with E-state index in [-0.39, 0.29) is 27.6 Å². The molecular weight excluding hydrogens is 685 g/mol. The third kappa shape index (κ3) is 5.37. The molecule has 8 aromatic carbocycles. The fourth-order valence-corrected chi connectivity index (χ4v) is 7.46. The lowest BCUT2D eigenvalue weighted by Gasteiger charge is -2.16. The van der Waals surface area contributed by atoms with E-state index in [1.165, 1.54) is 4.57 Å². The van der Waals surface area contributed by atoms with Crippen molar-refractivity contribution in [1.29, 1.82) is 0 Å². The Labute approximate surface area is 334 Å². The summed E-state index contributed by atoms with van der Waals surface area (Å²) in [6, 6.07) is 42.9. The van der Waals surface area contributed by atoms with E-state index < -0.39 is 48.3 Å². The second-order valence-electron chi connectivity index (χ2n) is 13.4. The molecule has 0 amide bonds. The molecule has 0 bridgehead atoms. The van der Waals surface area contributed by atoms with Gasteiger partial charge in [-0.05, 0) is 70.7 Å². The Hall–Kier alpha value is -7.63. The maximum Gasteiger partial charge on any atom is 0.166 e. The van der Waals surface area contributed by atoms with Gasteiger partial charge in [-0.15, -0.1) is 0 Å². The molecule has 0 unspecified atom stereocenters. The van der Waals surface area contributed by atoms with E-state index in [1.54, 1.807) is 0 Å². The summed E-state index contributed by atoms with van der Waals surface area (Å²) in [6.45, 7) is 0. The van der Waals surface area contributed by atoms with Gasteiger partial charge in [-0.3, -0.25) is 0 Å². The number of nitrogens with zero attached hydrogens (tertiary/aromatic N) is 4. The first-order valence-electron chi connectivity index (χ1n) is 22.1. The average molecular weight is 725 g/mol. The van der Waals surface area contributed by atoms with Crippen LogP contribution in [0.3, 0.4) is 0 Å². The predicted molar refractivity (Wildman–Crippen MR) is 229 cm³/mol. The zero-order valence-electron chi connectivity index (χ0n) is 37.6. The van der Waals surface area contributed by atoms with E-state index in [1.807, 2.05) is 146 Å². The van der Waals surface area contributed by atoms with Crippen molar-refractivity contribution in [3.8, 4) is 62.1 Å². The summed E-state index contributed by atoms with van der Waals surface area (Å²) in [5.74, 6) is 0.979. The van der Waals surface area contributed by atoms with E-state index in [0.717, 1.165) is 44.2 Å². The molecule has 0 aliphatic heterocycles. The Balaban J connectivity index is 1.25. The number of hydrogen-bond acceptors (Lipinski definition) is 4. The summed E-state index contributed by atoms with van der Waals surface area (Å²) in [5, 5.41) is 1.77. The highest BCUT2D eigenvalue weighted by molar-refractivity contribution is 6.10. The van der Waals surface area contributed by atoms with Crippen molar-refractivity contribution in [2.24, 2.45) is 0 Å². The van der Waals surface area contributed by atoms with Crippen molar-refractivity contribution in [1.82, 2.24) is 19.5 Å². The Morgan fingerprint density at radius 1 is 0.393 bits per heavy atom. The number of fused-ring (bicyclic) bond motifs is 6. The van der Waals surface area contributed by atoms with Crippen LogP contribution < -0.4 is 0 Å². The third-order valence-electron chi connectivity index (χ3n) is 10.1. The van der Waals surface area contributed by atoms with Gasteiger partial charge in [0, 0.05) is 38.2 Å². The van der Waals surface area contributed by atoms with E-state index in [0.29, 0.717) is 34.0 Å². The van der Waals surface area contributed by atoms with Gasteiger partial charge in [-0.2, -0.15) is 0 Å². The fraction of sp³-hybridized carbons (Fsp3) is 0. The minimum atomic E-state index is -0.522. The quantitative estimate of drug-likeness (QED) is 0.171. The average Bonchev–Trinajstić information content (AvgIpc) is 3.91. The molecule has 3 heterocycles. The van der Waals surface area contributed by atoms with E-state index in [4.69, 9.17) is 27.6 Å². The minimum Gasteiger partial charge on any atom is -0.456 e. The molecular formula is C51H32N4O. The van der Waals surface area contributed by atoms with Gasteiger partial charge in [0.15, 0.2) is 17.5 Å². The monoisotopic (exact) mass is 724 g/mol. The number of aromatic nitrogens is 4. The van der Waals surface area contributed by atoms with Gasteiger partial charge in [0.25, 0.3) is 0 Å². The van der Waals surface area contributed by atoms with Gasteiger partial charge in [-0.1, -0.05) is 145 Å². The maximum atomic E-state index is 9.34. The smallest absolute Gasteiger partial charge is 0.166 e. The summed E-state index contributed by atoms with van der Waals surface area (Å²) in [4.78, 5) is 15.2. The molecule has 11 aromatic rings. The van der Waals surface area contributed by atoms with E-state index in [9.17, 15) is 2.74 Å². The molecule has 5 nitrogen and oxygen atoms in total. The fourth-order valence-electron chi connectivity index (χ4n) is 7.46. The maximum absolute atomic E-state index is 9.34. The highest BCUT2D eigenvalue weighted by Gasteiger charge is 2.21. The third-order valence-corrected chi connectivity index (χ3v) is 10.1. The molecule has 11 rings (SSSR count). The second-order valence-corrected chi connectivity index (χ2v) is 13.4. The van der Waals surface area contributed by atoms with Gasteiger partial charge in [-0.25, -0.2) is 15.0 Å². The predicted octanol–water partition coefficient (Wildman–Crippen LogP) is 13.2. The molecule has 5 heteroatoms. The molecule has 0 atom stereocenters. The Bertz CT molecular complexity index is 3640. The van der Waals surface area contributed by atoms with Crippen molar-refractivity contribution in [2.45, 2.75) is 0 Å². The van der Waals surface area contributed by atoms with Crippen LogP contribution in [-0.4, -0.2) is 19.5 Å². The minimum absolute atomic E-state index is 0.0178. The number of para-hydroxylation sites is 3. The number of hydrogen-bond donors (Lipinski definition) is 0. The molecule has 0 saturated carbocycles. The van der Waals surface area contributed by atoms with Crippen LogP contribution in [0.1, 0.15) is 11.0 Å². The zero-order chi connectivity index (χ0) is 44.0. The lowest BCUT2D eigenvalue weighted by Crippen LogP contribution is -2.04.